The molecule has 0 aromatic heterocycles. The van der Waals surface area contributed by atoms with Gasteiger partial charge < -0.3 is 14.2 Å². The summed E-state index contributed by atoms with van der Waals surface area (Å²) in [4.78, 5) is 38.1. The Hall–Kier alpha value is -4.19. The van der Waals surface area contributed by atoms with Crippen LogP contribution in [0.1, 0.15) is 290 Å². The Morgan fingerprint density at radius 2 is 0.506 bits per heavy atom. The summed E-state index contributed by atoms with van der Waals surface area (Å²) in [5, 5.41) is 0. The van der Waals surface area contributed by atoms with E-state index in [1.807, 2.05) is 0 Å². The number of hydrogen-bond donors (Lipinski definition) is 0. The predicted octanol–water partition coefficient (Wildman–Crippen LogP) is 22.0. The molecule has 0 bridgehead atoms. The smallest absolute Gasteiger partial charge is 0.306 e. The Balaban J connectivity index is 4.10. The molecule has 6 heteroatoms. The van der Waals surface area contributed by atoms with Crippen LogP contribution in [0.25, 0.3) is 0 Å². The second-order valence-electron chi connectivity index (χ2n) is 20.9. The number of unbranched alkanes of at least 4 members (excludes halogenated alkanes) is 26. The molecule has 1 unspecified atom stereocenters. The van der Waals surface area contributed by atoms with Crippen molar-refractivity contribution in [2.75, 3.05) is 13.2 Å². The third-order valence-electron chi connectivity index (χ3n) is 13.5. The van der Waals surface area contributed by atoms with Gasteiger partial charge in [-0.2, -0.15) is 0 Å². The Bertz CT molecular complexity index is 1600. The van der Waals surface area contributed by atoms with Gasteiger partial charge in [0.05, 0.1) is 0 Å². The lowest BCUT2D eigenvalue weighted by atomic mass is 10.0. The molecule has 0 aliphatic rings. The Morgan fingerprint density at radius 3 is 0.792 bits per heavy atom. The molecule has 0 saturated carbocycles. The van der Waals surface area contributed by atoms with Gasteiger partial charge in [-0.1, -0.05) is 284 Å². The normalized spacial score (nSPS) is 12.9. The first-order valence-corrected chi connectivity index (χ1v) is 32.0. The average molecular weight is 1070 g/mol. The fourth-order valence-corrected chi connectivity index (χ4v) is 8.73. The topological polar surface area (TPSA) is 78.9 Å². The highest BCUT2D eigenvalue weighted by Gasteiger charge is 2.19. The Kier molecular flexibility index (Phi) is 60.8. The number of allylic oxidation sites excluding steroid dienone is 20. The predicted molar refractivity (Wildman–Crippen MR) is 334 cm³/mol. The molecule has 0 N–H and O–H groups in total. The third kappa shape index (κ3) is 62.5. The summed E-state index contributed by atoms with van der Waals surface area (Å²) in [6.07, 6.45) is 89.5. The van der Waals surface area contributed by atoms with Crippen LogP contribution in [-0.2, 0) is 28.6 Å². The average Bonchev–Trinajstić information content (AvgIpc) is 3.43. The summed E-state index contributed by atoms with van der Waals surface area (Å²) >= 11 is 0. The van der Waals surface area contributed by atoms with Crippen molar-refractivity contribution in [3.8, 4) is 0 Å². The monoisotopic (exact) mass is 1070 g/mol. The lowest BCUT2D eigenvalue weighted by Gasteiger charge is -2.18. The largest absolute Gasteiger partial charge is 0.462 e. The number of esters is 3. The van der Waals surface area contributed by atoms with E-state index in [1.54, 1.807) is 0 Å². The van der Waals surface area contributed by atoms with Crippen LogP contribution >= 0.6 is 0 Å². The van der Waals surface area contributed by atoms with E-state index in [4.69, 9.17) is 14.2 Å². The van der Waals surface area contributed by atoms with Crippen LogP contribution in [0.4, 0.5) is 0 Å². The summed E-state index contributed by atoms with van der Waals surface area (Å²) < 4.78 is 16.8. The van der Waals surface area contributed by atoms with Gasteiger partial charge in [0.25, 0.3) is 0 Å². The fourth-order valence-electron chi connectivity index (χ4n) is 8.73. The molecule has 0 aliphatic carbocycles. The molecule has 0 fully saturated rings. The zero-order chi connectivity index (χ0) is 55.7. The minimum absolute atomic E-state index is 0.0834. The minimum atomic E-state index is -0.785. The second-order valence-corrected chi connectivity index (χ2v) is 20.9. The van der Waals surface area contributed by atoms with Crippen LogP contribution in [0.2, 0.25) is 0 Å². The lowest BCUT2D eigenvalue weighted by molar-refractivity contribution is -0.167. The molecule has 0 aromatic carbocycles. The van der Waals surface area contributed by atoms with E-state index >= 15 is 0 Å². The lowest BCUT2D eigenvalue weighted by Crippen LogP contribution is -2.30. The quantitative estimate of drug-likeness (QED) is 0.0261. The molecule has 0 saturated heterocycles. The maximum absolute atomic E-state index is 12.8. The minimum Gasteiger partial charge on any atom is -0.462 e. The number of rotatable bonds is 57. The Morgan fingerprint density at radius 1 is 0.273 bits per heavy atom. The molecular weight excluding hydrogens is 949 g/mol. The molecular formula is C71H118O6. The van der Waals surface area contributed by atoms with Crippen LogP contribution in [-0.4, -0.2) is 37.2 Å². The van der Waals surface area contributed by atoms with E-state index in [-0.39, 0.29) is 31.1 Å². The summed E-state index contributed by atoms with van der Waals surface area (Å²) in [5.41, 5.74) is 0. The van der Waals surface area contributed by atoms with Crippen LogP contribution in [0.5, 0.6) is 0 Å². The molecule has 0 rings (SSSR count). The highest BCUT2D eigenvalue weighted by molar-refractivity contribution is 5.71. The van der Waals surface area contributed by atoms with Gasteiger partial charge in [0.2, 0.25) is 0 Å². The standard InChI is InChI=1S/C71H118O6/c1-4-7-10-13-16-18-20-22-24-26-28-29-30-31-32-33-34-35-36-37-38-39-40-41-43-44-46-48-50-52-55-58-61-64-70(73)76-67-68(66-75-69(72)63-60-57-54-15-12-9-6-3)77-71(74)65-62-59-56-53-51-49-47-45-42-27-25-23-21-19-17-14-11-8-5-2/h7-8,10-11,16-19,22-25,28-29,31-32,34-35,42,45,68H,4-6,9,12-15,20-21,26-27,30,33,36-41,43-44,46-67H2,1-3H3/b10-7-,11-8-,18-16-,19-17-,24-22-,25-23-,29-28-,32-31-,35-34-,45-42-. The molecule has 0 amide bonds. The molecule has 0 heterocycles. The Labute approximate surface area is 475 Å². The van der Waals surface area contributed by atoms with Crippen molar-refractivity contribution >= 4 is 17.9 Å². The van der Waals surface area contributed by atoms with Crippen molar-refractivity contribution in [1.82, 2.24) is 0 Å². The third-order valence-corrected chi connectivity index (χ3v) is 13.5. The van der Waals surface area contributed by atoms with E-state index in [9.17, 15) is 14.4 Å². The van der Waals surface area contributed by atoms with Gasteiger partial charge in [-0.15, -0.1) is 0 Å². The highest BCUT2D eigenvalue weighted by atomic mass is 16.6. The van der Waals surface area contributed by atoms with Crippen molar-refractivity contribution in [2.45, 2.75) is 297 Å². The first-order chi connectivity index (χ1) is 38.0. The van der Waals surface area contributed by atoms with Crippen molar-refractivity contribution < 1.29 is 28.6 Å². The molecule has 77 heavy (non-hydrogen) atoms. The van der Waals surface area contributed by atoms with Gasteiger partial charge in [-0.3, -0.25) is 14.4 Å². The molecule has 1 atom stereocenters. The van der Waals surface area contributed by atoms with Crippen molar-refractivity contribution in [2.24, 2.45) is 0 Å². The van der Waals surface area contributed by atoms with Crippen LogP contribution in [0.3, 0.4) is 0 Å². The van der Waals surface area contributed by atoms with Crippen molar-refractivity contribution in [3.05, 3.63) is 122 Å². The van der Waals surface area contributed by atoms with Gasteiger partial charge in [-0.25, -0.2) is 0 Å². The van der Waals surface area contributed by atoms with Gasteiger partial charge in [-0.05, 0) is 109 Å². The molecule has 438 valence electrons. The summed E-state index contributed by atoms with van der Waals surface area (Å²) in [5.74, 6) is -0.900. The summed E-state index contributed by atoms with van der Waals surface area (Å²) in [7, 11) is 0. The maximum Gasteiger partial charge on any atom is 0.306 e. The van der Waals surface area contributed by atoms with E-state index in [2.05, 4.69) is 142 Å². The van der Waals surface area contributed by atoms with E-state index in [0.717, 1.165) is 135 Å². The zero-order valence-electron chi connectivity index (χ0n) is 50.2. The maximum atomic E-state index is 12.8. The van der Waals surface area contributed by atoms with Gasteiger partial charge >= 0.3 is 17.9 Å². The van der Waals surface area contributed by atoms with E-state index in [0.29, 0.717) is 19.3 Å². The zero-order valence-corrected chi connectivity index (χ0v) is 50.2. The van der Waals surface area contributed by atoms with Gasteiger partial charge in [0.15, 0.2) is 6.10 Å². The summed E-state index contributed by atoms with van der Waals surface area (Å²) in [6, 6.07) is 0. The summed E-state index contributed by atoms with van der Waals surface area (Å²) in [6.45, 7) is 6.37. The van der Waals surface area contributed by atoms with Crippen molar-refractivity contribution in [3.63, 3.8) is 0 Å². The second kappa shape index (κ2) is 64.3. The van der Waals surface area contributed by atoms with E-state index < -0.39 is 6.10 Å². The fraction of sp³-hybridized carbons (Fsp3) is 0.676. The SMILES string of the molecule is CC/C=C\C/C=C\C/C=C\C/C=C\C/C=C\C/C=C\CCCCCCCCCCCCCCCCC(=O)OCC(COC(=O)CCCCCCCCC)OC(=O)CCCCCCCC/C=C\C/C=C\C/C=C\C/C=C\CC. The molecule has 0 aromatic rings. The first kappa shape index (κ1) is 72.8. The molecule has 0 aliphatic heterocycles. The molecule has 0 radical (unpaired) electrons. The van der Waals surface area contributed by atoms with Crippen molar-refractivity contribution in [1.29, 1.82) is 0 Å². The highest BCUT2D eigenvalue weighted by Crippen LogP contribution is 2.16. The molecule has 0 spiro atoms. The number of carbonyl (C=O) groups excluding carboxylic acids is 3. The van der Waals surface area contributed by atoms with E-state index in [1.165, 1.54) is 116 Å². The van der Waals surface area contributed by atoms with Gasteiger partial charge in [0, 0.05) is 19.3 Å². The van der Waals surface area contributed by atoms with Crippen LogP contribution in [0.15, 0.2) is 122 Å². The molecule has 6 nitrogen and oxygen atoms in total. The number of ether oxygens (including phenoxy) is 3. The van der Waals surface area contributed by atoms with Crippen LogP contribution in [0, 0.1) is 0 Å². The number of carbonyl (C=O) groups is 3. The number of hydrogen-bond acceptors (Lipinski definition) is 6. The van der Waals surface area contributed by atoms with Gasteiger partial charge in [0.1, 0.15) is 13.2 Å². The van der Waals surface area contributed by atoms with Crippen LogP contribution < -0.4 is 0 Å². The first-order valence-electron chi connectivity index (χ1n) is 32.0.